The molecule has 0 aliphatic carbocycles. The molecule has 0 aromatic carbocycles. The Labute approximate surface area is 124 Å². The molecule has 0 radical (unpaired) electrons. The van der Waals surface area contributed by atoms with Gasteiger partial charge in [-0.2, -0.15) is 0 Å². The summed E-state index contributed by atoms with van der Waals surface area (Å²) in [4.78, 5) is 12.7. The maximum Gasteiger partial charge on any atom is 0.177 e. The summed E-state index contributed by atoms with van der Waals surface area (Å²) in [5, 5.41) is 4.07. The van der Waals surface area contributed by atoms with Crippen LogP contribution >= 0.6 is 11.3 Å². The van der Waals surface area contributed by atoms with Crippen molar-refractivity contribution in [3.63, 3.8) is 0 Å². The molecule has 0 unspecified atom stereocenters. The van der Waals surface area contributed by atoms with Crippen LogP contribution in [0.5, 0.6) is 5.75 Å². The summed E-state index contributed by atoms with van der Waals surface area (Å²) in [6.07, 6.45) is 0.891. The van der Waals surface area contributed by atoms with Crippen molar-refractivity contribution in [3.05, 3.63) is 4.88 Å². The van der Waals surface area contributed by atoms with Gasteiger partial charge in [0.15, 0.2) is 11.5 Å². The van der Waals surface area contributed by atoms with Crippen molar-refractivity contribution in [1.82, 2.24) is 0 Å². The van der Waals surface area contributed by atoms with Crippen LogP contribution in [0.15, 0.2) is 0 Å². The zero-order chi connectivity index (χ0) is 15.1. The Bertz CT molecular complexity index is 444. The largest absolute Gasteiger partial charge is 0.492 e. The molecule has 3 N–H and O–H groups in total. The monoisotopic (exact) mass is 300 g/mol. The number of nitrogens with two attached hydrogens (primary N) is 1. The lowest BCUT2D eigenvalue weighted by molar-refractivity contribution is 0.0944. The maximum atomic E-state index is 12.1. The van der Waals surface area contributed by atoms with E-state index in [2.05, 4.69) is 5.32 Å². The molecular formula is C14H24N2O3S. The van der Waals surface area contributed by atoms with E-state index in [9.17, 15) is 4.79 Å². The predicted octanol–water partition coefficient (Wildman–Crippen LogP) is 3.02. The zero-order valence-corrected chi connectivity index (χ0v) is 13.4. The molecule has 0 atom stereocenters. The average Bonchev–Trinajstić information content (AvgIpc) is 2.73. The molecule has 1 aromatic heterocycles. The highest BCUT2D eigenvalue weighted by Gasteiger charge is 2.23. The molecule has 0 aliphatic heterocycles. The van der Waals surface area contributed by atoms with Crippen LogP contribution in [0.1, 0.15) is 36.9 Å². The zero-order valence-electron chi connectivity index (χ0n) is 12.6. The Morgan fingerprint density at radius 1 is 1.45 bits per heavy atom. The number of ketones is 1. The van der Waals surface area contributed by atoms with Crippen LogP contribution in [-0.4, -0.2) is 32.7 Å². The van der Waals surface area contributed by atoms with Crippen LogP contribution in [0.25, 0.3) is 0 Å². The molecule has 1 aromatic rings. The molecule has 6 heteroatoms. The molecule has 0 aliphatic rings. The number of rotatable bonds is 9. The second kappa shape index (κ2) is 8.11. The number of nitrogens with one attached hydrogen (secondary N) is 1. The fourth-order valence-corrected chi connectivity index (χ4v) is 2.92. The Morgan fingerprint density at radius 3 is 2.70 bits per heavy atom. The highest BCUT2D eigenvalue weighted by atomic mass is 32.1. The van der Waals surface area contributed by atoms with Crippen molar-refractivity contribution in [1.29, 1.82) is 0 Å². The van der Waals surface area contributed by atoms with Gasteiger partial charge in [0.25, 0.3) is 0 Å². The number of anilines is 2. The first-order valence-corrected chi connectivity index (χ1v) is 7.66. The van der Waals surface area contributed by atoms with Crippen molar-refractivity contribution < 1.29 is 14.3 Å². The lowest BCUT2D eigenvalue weighted by atomic mass is 10.1. The van der Waals surface area contributed by atoms with Gasteiger partial charge in [-0.3, -0.25) is 4.79 Å². The van der Waals surface area contributed by atoms with Gasteiger partial charge in [0.05, 0.1) is 17.7 Å². The first-order chi connectivity index (χ1) is 9.52. The molecule has 1 rings (SSSR count). The highest BCUT2D eigenvalue weighted by Crippen LogP contribution is 2.43. The molecule has 1 heterocycles. The molecule has 20 heavy (non-hydrogen) atoms. The molecule has 114 valence electrons. The maximum absolute atomic E-state index is 12.1. The minimum Gasteiger partial charge on any atom is -0.492 e. The van der Waals surface area contributed by atoms with Crippen LogP contribution in [0, 0.1) is 5.92 Å². The van der Waals surface area contributed by atoms with Crippen LogP contribution in [0.3, 0.4) is 0 Å². The molecule has 0 spiro atoms. The topological polar surface area (TPSA) is 73.6 Å². The summed E-state index contributed by atoms with van der Waals surface area (Å²) in [5.41, 5.74) is 6.44. The van der Waals surface area contributed by atoms with Crippen molar-refractivity contribution in [2.24, 2.45) is 5.92 Å². The summed E-state index contributed by atoms with van der Waals surface area (Å²) < 4.78 is 10.6. The fraction of sp³-hybridized carbons (Fsp3) is 0.643. The summed E-state index contributed by atoms with van der Waals surface area (Å²) >= 11 is 1.36. The summed E-state index contributed by atoms with van der Waals surface area (Å²) in [6, 6.07) is 0. The lowest BCUT2D eigenvalue weighted by Crippen LogP contribution is -2.07. The van der Waals surface area contributed by atoms with E-state index in [0.29, 0.717) is 22.9 Å². The summed E-state index contributed by atoms with van der Waals surface area (Å²) in [7, 11) is 1.56. The standard InChI is InChI=1S/C14H24N2O3S/c1-5-19-8-6-7-16-14-12(18-4)10(15)13(20-14)11(17)9(2)3/h9,16H,5-8,15H2,1-4H3. The predicted molar refractivity (Wildman–Crippen MR) is 84.1 cm³/mol. The number of ether oxygens (including phenoxy) is 2. The Kier molecular flexibility index (Phi) is 6.81. The molecule has 0 saturated heterocycles. The van der Waals surface area contributed by atoms with Crippen molar-refractivity contribution in [3.8, 4) is 5.75 Å². The number of methoxy groups -OCH3 is 1. The van der Waals surface area contributed by atoms with Gasteiger partial charge in [0, 0.05) is 25.7 Å². The van der Waals surface area contributed by atoms with Gasteiger partial charge >= 0.3 is 0 Å². The molecule has 0 saturated carbocycles. The van der Waals surface area contributed by atoms with Crippen molar-refractivity contribution >= 4 is 27.8 Å². The number of nitrogen functional groups attached to an aromatic ring is 1. The molecule has 0 amide bonds. The fourth-order valence-electron chi connectivity index (χ4n) is 1.71. The SMILES string of the molecule is CCOCCCNc1sc(C(=O)C(C)C)c(N)c1OC. The van der Waals surface area contributed by atoms with Crippen molar-refractivity contribution in [2.75, 3.05) is 37.9 Å². The second-order valence-corrected chi connectivity index (χ2v) is 5.72. The summed E-state index contributed by atoms with van der Waals surface area (Å²) in [5.74, 6) is 0.537. The molecular weight excluding hydrogens is 276 g/mol. The van der Waals surface area contributed by atoms with E-state index < -0.39 is 0 Å². The van der Waals surface area contributed by atoms with Crippen molar-refractivity contribution in [2.45, 2.75) is 27.2 Å². The van der Waals surface area contributed by atoms with E-state index in [1.54, 1.807) is 7.11 Å². The van der Waals surface area contributed by atoms with E-state index in [1.165, 1.54) is 11.3 Å². The highest BCUT2D eigenvalue weighted by molar-refractivity contribution is 7.19. The first kappa shape index (κ1) is 16.8. The van der Waals surface area contributed by atoms with Gasteiger partial charge in [-0.15, -0.1) is 11.3 Å². The van der Waals surface area contributed by atoms with Crippen LogP contribution in [0.4, 0.5) is 10.7 Å². The van der Waals surface area contributed by atoms with Gasteiger partial charge in [-0.05, 0) is 13.3 Å². The molecule has 0 fully saturated rings. The van der Waals surface area contributed by atoms with Crippen LogP contribution in [0.2, 0.25) is 0 Å². The van der Waals surface area contributed by atoms with Crippen LogP contribution in [-0.2, 0) is 4.74 Å². The number of carbonyl (C=O) groups is 1. The third-order valence-corrected chi connectivity index (χ3v) is 3.97. The van der Waals surface area contributed by atoms with E-state index >= 15 is 0 Å². The first-order valence-electron chi connectivity index (χ1n) is 6.84. The third-order valence-electron chi connectivity index (χ3n) is 2.81. The van der Waals surface area contributed by atoms with E-state index in [1.807, 2.05) is 20.8 Å². The Hall–Kier alpha value is -1.27. The van der Waals surface area contributed by atoms with E-state index in [4.69, 9.17) is 15.2 Å². The number of hydrogen-bond acceptors (Lipinski definition) is 6. The normalized spacial score (nSPS) is 10.8. The Balaban J connectivity index is 2.75. The number of thiophene rings is 1. The average molecular weight is 300 g/mol. The molecule has 5 nitrogen and oxygen atoms in total. The van der Waals surface area contributed by atoms with E-state index in [-0.39, 0.29) is 11.7 Å². The minimum atomic E-state index is -0.0774. The van der Waals surface area contributed by atoms with Gasteiger partial charge in [-0.25, -0.2) is 0 Å². The lowest BCUT2D eigenvalue weighted by Gasteiger charge is -2.06. The van der Waals surface area contributed by atoms with Gasteiger partial charge < -0.3 is 20.5 Å². The smallest absolute Gasteiger partial charge is 0.177 e. The van der Waals surface area contributed by atoms with Gasteiger partial charge in [0.1, 0.15) is 5.00 Å². The summed E-state index contributed by atoms with van der Waals surface area (Å²) in [6.45, 7) is 7.89. The third kappa shape index (κ3) is 4.11. The second-order valence-electron chi connectivity index (χ2n) is 4.70. The molecule has 0 bridgehead atoms. The minimum absolute atomic E-state index is 0.0492. The number of carbonyl (C=O) groups excluding carboxylic acids is 1. The van der Waals surface area contributed by atoms with E-state index in [0.717, 1.165) is 24.6 Å². The van der Waals surface area contributed by atoms with Crippen LogP contribution < -0.4 is 15.8 Å². The quantitative estimate of drug-likeness (QED) is 0.542. The van der Waals surface area contributed by atoms with Gasteiger partial charge in [-0.1, -0.05) is 13.8 Å². The number of hydrogen-bond donors (Lipinski definition) is 2. The Morgan fingerprint density at radius 2 is 2.15 bits per heavy atom. The van der Waals surface area contributed by atoms with Gasteiger partial charge in [0.2, 0.25) is 0 Å². The number of Topliss-reactive ketones (excluding diaryl/α,β-unsaturated/α-hetero) is 1.